The van der Waals surface area contributed by atoms with E-state index in [1.807, 2.05) is 42.5 Å². The quantitative estimate of drug-likeness (QED) is 0.418. The van der Waals surface area contributed by atoms with Crippen LogP contribution in [0.5, 0.6) is 0 Å². The first kappa shape index (κ1) is 17.3. The second kappa shape index (κ2) is 7.29. The summed E-state index contributed by atoms with van der Waals surface area (Å²) in [6, 6.07) is 15.0. The third-order valence-electron chi connectivity index (χ3n) is 4.34. The van der Waals surface area contributed by atoms with Gasteiger partial charge in [-0.2, -0.15) is 0 Å². The summed E-state index contributed by atoms with van der Waals surface area (Å²) in [6.07, 6.45) is 6.80. The molecule has 0 bridgehead atoms. The van der Waals surface area contributed by atoms with Crippen LogP contribution < -0.4 is 5.32 Å². The highest BCUT2D eigenvalue weighted by molar-refractivity contribution is 6.29. The van der Waals surface area contributed by atoms with E-state index in [1.165, 1.54) is 0 Å². The molecule has 7 nitrogen and oxygen atoms in total. The van der Waals surface area contributed by atoms with Gasteiger partial charge in [0.25, 0.3) is 0 Å². The van der Waals surface area contributed by atoms with Crippen LogP contribution in [0, 0.1) is 0 Å². The number of halogens is 1. The standard InChI is InChI=1S/C21H13ClN6O/c22-19-6-4-15(12-25-19)26-21-24-9-7-17(27-21)13-3-5-18-16(10-13)20(29-28-18)14-2-1-8-23-11-14/h1-12H,(H,24,26,27). The van der Waals surface area contributed by atoms with E-state index in [9.17, 15) is 0 Å². The molecule has 8 heteroatoms. The first-order chi connectivity index (χ1) is 14.3. The Bertz CT molecular complexity index is 1290. The zero-order chi connectivity index (χ0) is 19.6. The van der Waals surface area contributed by atoms with Gasteiger partial charge in [-0.05, 0) is 42.5 Å². The molecular formula is C21H13ClN6O. The average molecular weight is 401 g/mol. The van der Waals surface area contributed by atoms with Crippen LogP contribution in [0.15, 0.2) is 77.8 Å². The molecule has 0 aliphatic carbocycles. The van der Waals surface area contributed by atoms with Gasteiger partial charge in [0.2, 0.25) is 5.95 Å². The summed E-state index contributed by atoms with van der Waals surface area (Å²) in [5, 5.41) is 8.59. The van der Waals surface area contributed by atoms with Gasteiger partial charge in [0.05, 0.1) is 23.0 Å². The van der Waals surface area contributed by atoms with Gasteiger partial charge in [-0.25, -0.2) is 15.0 Å². The summed E-state index contributed by atoms with van der Waals surface area (Å²) in [7, 11) is 0. The summed E-state index contributed by atoms with van der Waals surface area (Å²) in [6.45, 7) is 0. The van der Waals surface area contributed by atoms with Gasteiger partial charge in [0.15, 0.2) is 5.76 Å². The highest BCUT2D eigenvalue weighted by Gasteiger charge is 2.13. The SMILES string of the molecule is Clc1ccc(Nc2nccc(-c3ccc4noc(-c5cccnc5)c4c3)n2)cn1. The van der Waals surface area contributed by atoms with Crippen molar-refractivity contribution in [2.45, 2.75) is 0 Å². The number of aromatic nitrogens is 5. The Balaban J connectivity index is 1.51. The lowest BCUT2D eigenvalue weighted by atomic mass is 10.1. The highest BCUT2D eigenvalue weighted by atomic mass is 35.5. The Morgan fingerprint density at radius 3 is 2.69 bits per heavy atom. The van der Waals surface area contributed by atoms with E-state index >= 15 is 0 Å². The Morgan fingerprint density at radius 1 is 0.897 bits per heavy atom. The molecule has 1 aromatic carbocycles. The molecule has 1 N–H and O–H groups in total. The molecule has 0 radical (unpaired) electrons. The molecule has 4 heterocycles. The summed E-state index contributed by atoms with van der Waals surface area (Å²) in [5.74, 6) is 1.14. The third-order valence-corrected chi connectivity index (χ3v) is 4.56. The van der Waals surface area contributed by atoms with Crippen LogP contribution in [-0.2, 0) is 0 Å². The fourth-order valence-electron chi connectivity index (χ4n) is 2.96. The van der Waals surface area contributed by atoms with Crippen LogP contribution in [0.3, 0.4) is 0 Å². The lowest BCUT2D eigenvalue weighted by Gasteiger charge is -2.06. The van der Waals surface area contributed by atoms with Crippen LogP contribution in [0.1, 0.15) is 0 Å². The highest BCUT2D eigenvalue weighted by Crippen LogP contribution is 2.31. The zero-order valence-corrected chi connectivity index (χ0v) is 15.7. The fourth-order valence-corrected chi connectivity index (χ4v) is 3.08. The normalized spacial score (nSPS) is 10.9. The number of nitrogens with zero attached hydrogens (tertiary/aromatic N) is 5. The van der Waals surface area contributed by atoms with Crippen molar-refractivity contribution in [3.63, 3.8) is 0 Å². The molecule has 5 aromatic rings. The Morgan fingerprint density at radius 2 is 1.86 bits per heavy atom. The zero-order valence-electron chi connectivity index (χ0n) is 15.0. The summed E-state index contributed by atoms with van der Waals surface area (Å²) >= 11 is 5.83. The second-order valence-electron chi connectivity index (χ2n) is 6.25. The lowest BCUT2D eigenvalue weighted by Crippen LogP contribution is -1.98. The van der Waals surface area contributed by atoms with Gasteiger partial charge in [0, 0.05) is 29.7 Å². The van der Waals surface area contributed by atoms with Crippen LogP contribution >= 0.6 is 11.6 Å². The molecule has 5 rings (SSSR count). The number of nitrogens with one attached hydrogen (secondary N) is 1. The van der Waals surface area contributed by atoms with Crippen LogP contribution in [0.2, 0.25) is 5.15 Å². The fraction of sp³-hybridized carbons (Fsp3) is 0. The van der Waals surface area contributed by atoms with Gasteiger partial charge in [-0.3, -0.25) is 4.98 Å². The van der Waals surface area contributed by atoms with E-state index in [1.54, 1.807) is 30.9 Å². The maximum absolute atomic E-state index is 5.83. The van der Waals surface area contributed by atoms with E-state index in [0.29, 0.717) is 16.9 Å². The summed E-state index contributed by atoms with van der Waals surface area (Å²) in [5.41, 5.74) is 4.08. The molecular weight excluding hydrogens is 388 g/mol. The molecule has 0 fully saturated rings. The van der Waals surface area contributed by atoms with E-state index in [-0.39, 0.29) is 0 Å². The van der Waals surface area contributed by atoms with Crippen molar-refractivity contribution in [3.8, 4) is 22.6 Å². The number of anilines is 2. The number of hydrogen-bond acceptors (Lipinski definition) is 7. The Labute approximate surface area is 170 Å². The van der Waals surface area contributed by atoms with Crippen LogP contribution in [0.25, 0.3) is 33.5 Å². The number of fused-ring (bicyclic) bond motifs is 1. The van der Waals surface area contributed by atoms with E-state index < -0.39 is 0 Å². The number of hydrogen-bond donors (Lipinski definition) is 1. The van der Waals surface area contributed by atoms with Gasteiger partial charge >= 0.3 is 0 Å². The predicted molar refractivity (Wildman–Crippen MR) is 111 cm³/mol. The second-order valence-corrected chi connectivity index (χ2v) is 6.63. The van der Waals surface area contributed by atoms with Gasteiger partial charge in [0.1, 0.15) is 10.7 Å². The molecule has 0 aliphatic rings. The number of pyridine rings is 2. The molecule has 0 unspecified atom stereocenters. The maximum atomic E-state index is 5.83. The number of rotatable bonds is 4. The van der Waals surface area contributed by atoms with Crippen molar-refractivity contribution >= 4 is 34.1 Å². The maximum Gasteiger partial charge on any atom is 0.227 e. The molecule has 0 atom stereocenters. The minimum atomic E-state index is 0.427. The van der Waals surface area contributed by atoms with Gasteiger partial charge in [-0.1, -0.05) is 22.8 Å². The Hall–Kier alpha value is -3.84. The summed E-state index contributed by atoms with van der Waals surface area (Å²) in [4.78, 5) is 17.1. The first-order valence-electron chi connectivity index (χ1n) is 8.78. The Kier molecular flexibility index (Phi) is 4.34. The van der Waals surface area contributed by atoms with Crippen molar-refractivity contribution in [1.82, 2.24) is 25.1 Å². The molecule has 29 heavy (non-hydrogen) atoms. The molecule has 0 spiro atoms. The molecule has 0 aliphatic heterocycles. The van der Waals surface area contributed by atoms with E-state index in [4.69, 9.17) is 16.1 Å². The largest absolute Gasteiger partial charge is 0.355 e. The van der Waals surface area contributed by atoms with Crippen molar-refractivity contribution in [2.24, 2.45) is 0 Å². The first-order valence-corrected chi connectivity index (χ1v) is 9.16. The van der Waals surface area contributed by atoms with Crippen molar-refractivity contribution in [2.75, 3.05) is 5.32 Å². The van der Waals surface area contributed by atoms with E-state index in [0.717, 1.165) is 33.4 Å². The summed E-state index contributed by atoms with van der Waals surface area (Å²) < 4.78 is 5.55. The molecule has 0 amide bonds. The molecule has 4 aromatic heterocycles. The average Bonchev–Trinajstić information content (AvgIpc) is 3.19. The molecule has 0 saturated carbocycles. The van der Waals surface area contributed by atoms with E-state index in [2.05, 4.69) is 30.4 Å². The van der Waals surface area contributed by atoms with Crippen molar-refractivity contribution in [3.05, 3.63) is 78.5 Å². The van der Waals surface area contributed by atoms with Crippen molar-refractivity contribution < 1.29 is 4.52 Å². The van der Waals surface area contributed by atoms with Crippen molar-refractivity contribution in [1.29, 1.82) is 0 Å². The van der Waals surface area contributed by atoms with Crippen LogP contribution in [-0.4, -0.2) is 25.1 Å². The van der Waals surface area contributed by atoms with Gasteiger partial charge < -0.3 is 9.84 Å². The topological polar surface area (TPSA) is 89.6 Å². The molecule has 0 saturated heterocycles. The van der Waals surface area contributed by atoms with Gasteiger partial charge in [-0.15, -0.1) is 0 Å². The third kappa shape index (κ3) is 3.51. The van der Waals surface area contributed by atoms with Crippen LogP contribution in [0.4, 0.5) is 11.6 Å². The predicted octanol–water partition coefficient (Wildman–Crippen LogP) is 5.14. The molecule has 140 valence electrons. The number of benzene rings is 1. The minimum Gasteiger partial charge on any atom is -0.355 e. The smallest absolute Gasteiger partial charge is 0.227 e. The minimum absolute atomic E-state index is 0.427. The monoisotopic (exact) mass is 400 g/mol. The lowest BCUT2D eigenvalue weighted by molar-refractivity contribution is 0.441.